The Bertz CT molecular complexity index is 224. The lowest BCUT2D eigenvalue weighted by molar-refractivity contribution is -0.152. The molecule has 0 aliphatic heterocycles. The van der Waals surface area contributed by atoms with Gasteiger partial charge < -0.3 is 14.7 Å². The summed E-state index contributed by atoms with van der Waals surface area (Å²) in [6.45, 7) is 2.10. The van der Waals surface area contributed by atoms with E-state index in [1.807, 2.05) is 7.05 Å². The van der Waals surface area contributed by atoms with Gasteiger partial charge in [-0.2, -0.15) is 0 Å². The number of methoxy groups -OCH3 is 1. The smallest absolute Gasteiger partial charge is 0.310 e. The predicted octanol–water partition coefficient (Wildman–Crippen LogP) is 1.60. The fourth-order valence-corrected chi connectivity index (χ4v) is 2.51. The van der Waals surface area contributed by atoms with Crippen LogP contribution in [0.5, 0.6) is 0 Å². The first kappa shape index (κ1) is 13.5. The van der Waals surface area contributed by atoms with Gasteiger partial charge >= 0.3 is 5.97 Å². The summed E-state index contributed by atoms with van der Waals surface area (Å²) in [6.07, 6.45) is 4.91. The van der Waals surface area contributed by atoms with Gasteiger partial charge in [0.1, 0.15) is 0 Å². The Morgan fingerprint density at radius 1 is 1.38 bits per heavy atom. The summed E-state index contributed by atoms with van der Waals surface area (Å²) in [6, 6.07) is 0. The maximum Gasteiger partial charge on any atom is 0.310 e. The van der Waals surface area contributed by atoms with Gasteiger partial charge in [-0.3, -0.25) is 4.79 Å². The van der Waals surface area contributed by atoms with Crippen molar-refractivity contribution in [2.45, 2.75) is 32.1 Å². The first-order chi connectivity index (χ1) is 7.60. The summed E-state index contributed by atoms with van der Waals surface area (Å²) in [4.78, 5) is 13.5. The van der Waals surface area contributed by atoms with E-state index in [1.54, 1.807) is 7.11 Å². The fourth-order valence-electron chi connectivity index (χ4n) is 2.51. The van der Waals surface area contributed by atoms with Crippen molar-refractivity contribution < 1.29 is 14.6 Å². The molecule has 0 spiro atoms. The minimum Gasteiger partial charge on any atom is -0.481 e. The lowest BCUT2D eigenvalue weighted by atomic mass is 9.74. The van der Waals surface area contributed by atoms with Crippen molar-refractivity contribution in [1.29, 1.82) is 0 Å². The molecule has 94 valence electrons. The van der Waals surface area contributed by atoms with Gasteiger partial charge in [-0.15, -0.1) is 0 Å². The quantitative estimate of drug-likeness (QED) is 0.751. The van der Waals surface area contributed by atoms with Crippen molar-refractivity contribution >= 4 is 5.97 Å². The average Bonchev–Trinajstić information content (AvgIpc) is 2.27. The first-order valence-electron chi connectivity index (χ1n) is 6.01. The molecule has 1 rings (SSSR count). The number of hydrogen-bond acceptors (Lipinski definition) is 3. The molecule has 0 saturated heterocycles. The Morgan fingerprint density at radius 2 is 2.00 bits per heavy atom. The number of likely N-dealkylation sites (N-methyl/N-ethyl adjacent to an activating group) is 1. The molecule has 0 amide bonds. The van der Waals surface area contributed by atoms with Crippen LogP contribution in [0, 0.1) is 5.41 Å². The molecule has 4 heteroatoms. The highest BCUT2D eigenvalue weighted by Crippen LogP contribution is 2.37. The molecule has 0 bridgehead atoms. The number of rotatable bonds is 6. The predicted molar refractivity (Wildman–Crippen MR) is 62.5 cm³/mol. The number of carbonyl (C=O) groups is 1. The molecule has 0 aromatic heterocycles. The summed E-state index contributed by atoms with van der Waals surface area (Å²) in [5.74, 6) is -0.628. The van der Waals surface area contributed by atoms with Crippen molar-refractivity contribution in [3.05, 3.63) is 0 Å². The molecule has 1 aliphatic carbocycles. The zero-order chi connectivity index (χ0) is 12.0. The van der Waals surface area contributed by atoms with Crippen LogP contribution in [0.1, 0.15) is 32.1 Å². The minimum atomic E-state index is -0.628. The largest absolute Gasteiger partial charge is 0.481 e. The molecule has 16 heavy (non-hydrogen) atoms. The molecule has 0 heterocycles. The second-order valence-corrected chi connectivity index (χ2v) is 4.88. The molecule has 1 fully saturated rings. The monoisotopic (exact) mass is 229 g/mol. The standard InChI is InChI=1S/C12H23NO3/c1-13(8-9-16-2)10-12(11(14)15)6-4-3-5-7-12/h3-10H2,1-2H3,(H,14,15). The van der Waals surface area contributed by atoms with Gasteiger partial charge in [-0.25, -0.2) is 0 Å². The first-order valence-corrected chi connectivity index (χ1v) is 6.01. The van der Waals surface area contributed by atoms with E-state index in [1.165, 1.54) is 6.42 Å². The van der Waals surface area contributed by atoms with Gasteiger partial charge in [-0.1, -0.05) is 19.3 Å². The number of ether oxygens (including phenoxy) is 1. The van der Waals surface area contributed by atoms with Crippen molar-refractivity contribution in [2.24, 2.45) is 5.41 Å². The SMILES string of the molecule is COCCN(C)CC1(C(=O)O)CCCCC1. The van der Waals surface area contributed by atoms with Crippen molar-refractivity contribution in [2.75, 3.05) is 33.9 Å². The van der Waals surface area contributed by atoms with E-state index < -0.39 is 11.4 Å². The molecular formula is C12H23NO3. The zero-order valence-corrected chi connectivity index (χ0v) is 10.4. The Kier molecular flexibility index (Phi) is 5.22. The zero-order valence-electron chi connectivity index (χ0n) is 10.4. The van der Waals surface area contributed by atoms with Crippen LogP contribution < -0.4 is 0 Å². The molecule has 1 N–H and O–H groups in total. The van der Waals surface area contributed by atoms with Crippen LogP contribution in [0.25, 0.3) is 0 Å². The lowest BCUT2D eigenvalue weighted by Crippen LogP contribution is -2.44. The molecule has 4 nitrogen and oxygen atoms in total. The van der Waals surface area contributed by atoms with Gasteiger partial charge in [0.05, 0.1) is 12.0 Å². The van der Waals surface area contributed by atoms with Crippen molar-refractivity contribution in [1.82, 2.24) is 4.90 Å². The number of aliphatic carboxylic acids is 1. The van der Waals surface area contributed by atoms with Crippen LogP contribution >= 0.6 is 0 Å². The van der Waals surface area contributed by atoms with Gasteiger partial charge in [0.2, 0.25) is 0 Å². The van der Waals surface area contributed by atoms with Crippen LogP contribution in [-0.4, -0.2) is 49.8 Å². The highest BCUT2D eigenvalue weighted by Gasteiger charge is 2.40. The minimum absolute atomic E-state index is 0.513. The molecule has 0 radical (unpaired) electrons. The van der Waals surface area contributed by atoms with Crippen molar-refractivity contribution in [3.8, 4) is 0 Å². The third-order valence-electron chi connectivity index (χ3n) is 3.51. The normalized spacial score (nSPS) is 19.9. The Hall–Kier alpha value is -0.610. The second kappa shape index (κ2) is 6.21. The van der Waals surface area contributed by atoms with Gasteiger partial charge in [0.25, 0.3) is 0 Å². The Labute approximate surface area is 97.6 Å². The number of nitrogens with zero attached hydrogens (tertiary/aromatic N) is 1. The van der Waals surface area contributed by atoms with E-state index in [2.05, 4.69) is 4.90 Å². The summed E-state index contributed by atoms with van der Waals surface area (Å²) >= 11 is 0. The van der Waals surface area contributed by atoms with Crippen LogP contribution in [0.15, 0.2) is 0 Å². The average molecular weight is 229 g/mol. The van der Waals surface area contributed by atoms with Crippen LogP contribution in [0.4, 0.5) is 0 Å². The summed E-state index contributed by atoms with van der Waals surface area (Å²) < 4.78 is 5.01. The van der Waals surface area contributed by atoms with Crippen LogP contribution in [0.2, 0.25) is 0 Å². The Morgan fingerprint density at radius 3 is 2.50 bits per heavy atom. The van der Waals surface area contributed by atoms with E-state index in [4.69, 9.17) is 4.74 Å². The molecule has 0 aromatic carbocycles. The van der Waals surface area contributed by atoms with Crippen LogP contribution in [0.3, 0.4) is 0 Å². The van der Waals surface area contributed by atoms with E-state index in [0.717, 1.165) is 32.2 Å². The summed E-state index contributed by atoms with van der Waals surface area (Å²) in [7, 11) is 3.64. The molecule has 0 aromatic rings. The number of carboxylic acid groups (broad SMARTS) is 1. The maximum atomic E-state index is 11.4. The Balaban J connectivity index is 2.53. The summed E-state index contributed by atoms with van der Waals surface area (Å²) in [5, 5.41) is 9.41. The summed E-state index contributed by atoms with van der Waals surface area (Å²) in [5.41, 5.74) is -0.513. The molecule has 0 atom stereocenters. The van der Waals surface area contributed by atoms with Gasteiger partial charge in [-0.05, 0) is 19.9 Å². The highest BCUT2D eigenvalue weighted by molar-refractivity contribution is 5.75. The fraction of sp³-hybridized carbons (Fsp3) is 0.917. The third-order valence-corrected chi connectivity index (χ3v) is 3.51. The van der Waals surface area contributed by atoms with Crippen molar-refractivity contribution in [3.63, 3.8) is 0 Å². The topological polar surface area (TPSA) is 49.8 Å². The van der Waals surface area contributed by atoms with Gasteiger partial charge in [0, 0.05) is 20.2 Å². The van der Waals surface area contributed by atoms with Gasteiger partial charge in [0.15, 0.2) is 0 Å². The molecule has 0 unspecified atom stereocenters. The molecular weight excluding hydrogens is 206 g/mol. The van der Waals surface area contributed by atoms with E-state index in [0.29, 0.717) is 13.2 Å². The van der Waals surface area contributed by atoms with E-state index in [9.17, 15) is 9.90 Å². The lowest BCUT2D eigenvalue weighted by Gasteiger charge is -2.36. The molecule has 1 aliphatic rings. The number of hydrogen-bond donors (Lipinski definition) is 1. The highest BCUT2D eigenvalue weighted by atomic mass is 16.5. The van der Waals surface area contributed by atoms with E-state index >= 15 is 0 Å². The second-order valence-electron chi connectivity index (χ2n) is 4.88. The van der Waals surface area contributed by atoms with E-state index in [-0.39, 0.29) is 0 Å². The molecule has 1 saturated carbocycles. The van der Waals surface area contributed by atoms with Crippen LogP contribution in [-0.2, 0) is 9.53 Å². The maximum absolute atomic E-state index is 11.4. The number of carboxylic acids is 1. The third kappa shape index (κ3) is 3.46.